The summed E-state index contributed by atoms with van der Waals surface area (Å²) in [6.45, 7) is 2.01. The first-order valence-electron chi connectivity index (χ1n) is 7.75. The molecule has 0 bridgehead atoms. The highest BCUT2D eigenvalue weighted by atomic mass is 16.1. The van der Waals surface area contributed by atoms with Crippen molar-refractivity contribution in [2.24, 2.45) is 0 Å². The Hall–Kier alpha value is -3.65. The maximum absolute atomic E-state index is 12.5. The highest BCUT2D eigenvalue weighted by Crippen LogP contribution is 2.19. The zero-order valence-corrected chi connectivity index (χ0v) is 13.7. The van der Waals surface area contributed by atoms with Gasteiger partial charge in [0.05, 0.1) is 28.7 Å². The molecule has 0 spiro atoms. The van der Waals surface area contributed by atoms with Crippen LogP contribution < -0.4 is 10.6 Å². The van der Waals surface area contributed by atoms with E-state index in [1.807, 2.05) is 31.2 Å². The molecule has 2 N–H and O–H groups in total. The normalized spacial score (nSPS) is 9.92. The van der Waals surface area contributed by atoms with Gasteiger partial charge in [-0.2, -0.15) is 5.26 Å². The van der Waals surface area contributed by atoms with E-state index in [0.29, 0.717) is 22.5 Å². The molecule has 1 heterocycles. The standard InChI is InChI=1S/C20H16N4O/c1-14-5-4-7-17(9-14)23-18-10-16(12-22-13-18)20(25)24-19-8-3-2-6-15(19)11-21/h2-10,12-13,23H,1H3,(H,24,25). The third-order valence-electron chi connectivity index (χ3n) is 3.60. The molecule has 0 saturated carbocycles. The second-order valence-electron chi connectivity index (χ2n) is 5.57. The lowest BCUT2D eigenvalue weighted by atomic mass is 10.1. The number of aryl methyl sites for hydroxylation is 1. The van der Waals surface area contributed by atoms with Gasteiger partial charge in [0, 0.05) is 11.9 Å². The van der Waals surface area contributed by atoms with Gasteiger partial charge < -0.3 is 10.6 Å². The smallest absolute Gasteiger partial charge is 0.257 e. The molecule has 5 heteroatoms. The van der Waals surface area contributed by atoms with Crippen molar-refractivity contribution < 1.29 is 4.79 Å². The minimum Gasteiger partial charge on any atom is -0.354 e. The molecule has 0 fully saturated rings. The van der Waals surface area contributed by atoms with Crippen molar-refractivity contribution in [2.45, 2.75) is 6.92 Å². The first kappa shape index (κ1) is 16.2. The molecular formula is C20H16N4O. The monoisotopic (exact) mass is 328 g/mol. The maximum atomic E-state index is 12.5. The molecule has 0 saturated heterocycles. The van der Waals surface area contributed by atoms with Crippen molar-refractivity contribution in [1.82, 2.24) is 4.98 Å². The Balaban J connectivity index is 1.79. The van der Waals surface area contributed by atoms with Gasteiger partial charge >= 0.3 is 0 Å². The molecular weight excluding hydrogens is 312 g/mol. The quantitative estimate of drug-likeness (QED) is 0.750. The summed E-state index contributed by atoms with van der Waals surface area (Å²) in [7, 11) is 0. The molecule has 1 amide bonds. The number of nitrogens with one attached hydrogen (secondary N) is 2. The summed E-state index contributed by atoms with van der Waals surface area (Å²) in [5.74, 6) is -0.317. The van der Waals surface area contributed by atoms with Crippen molar-refractivity contribution in [3.63, 3.8) is 0 Å². The zero-order chi connectivity index (χ0) is 17.6. The number of nitrogens with zero attached hydrogens (tertiary/aromatic N) is 2. The third-order valence-corrected chi connectivity index (χ3v) is 3.60. The second-order valence-corrected chi connectivity index (χ2v) is 5.57. The van der Waals surface area contributed by atoms with E-state index in [4.69, 9.17) is 5.26 Å². The summed E-state index contributed by atoms with van der Waals surface area (Å²) < 4.78 is 0. The van der Waals surface area contributed by atoms with Crippen LogP contribution in [0.2, 0.25) is 0 Å². The molecule has 1 aromatic heterocycles. The van der Waals surface area contributed by atoms with Crippen molar-refractivity contribution in [1.29, 1.82) is 5.26 Å². The van der Waals surface area contributed by atoms with Gasteiger partial charge in [-0.25, -0.2) is 0 Å². The van der Waals surface area contributed by atoms with E-state index in [2.05, 4.69) is 21.7 Å². The molecule has 0 aliphatic carbocycles. The van der Waals surface area contributed by atoms with Crippen molar-refractivity contribution in [3.8, 4) is 6.07 Å². The number of aromatic nitrogens is 1. The lowest BCUT2D eigenvalue weighted by Crippen LogP contribution is -2.13. The SMILES string of the molecule is Cc1cccc(Nc2cncc(C(=O)Nc3ccccc3C#N)c2)c1. The Morgan fingerprint density at radius 2 is 1.88 bits per heavy atom. The molecule has 0 radical (unpaired) electrons. The number of pyridine rings is 1. The number of para-hydroxylation sites is 1. The molecule has 5 nitrogen and oxygen atoms in total. The van der Waals surface area contributed by atoms with Gasteiger partial charge in [0.1, 0.15) is 6.07 Å². The molecule has 2 aromatic carbocycles. The Morgan fingerprint density at radius 1 is 1.04 bits per heavy atom. The molecule has 25 heavy (non-hydrogen) atoms. The van der Waals surface area contributed by atoms with E-state index in [-0.39, 0.29) is 5.91 Å². The summed E-state index contributed by atoms with van der Waals surface area (Å²) in [6.07, 6.45) is 3.15. The van der Waals surface area contributed by atoms with E-state index in [0.717, 1.165) is 11.3 Å². The summed E-state index contributed by atoms with van der Waals surface area (Å²) in [4.78, 5) is 16.6. The number of amides is 1. The van der Waals surface area contributed by atoms with E-state index in [1.165, 1.54) is 6.20 Å². The molecule has 0 aliphatic rings. The van der Waals surface area contributed by atoms with Crippen LogP contribution in [0.1, 0.15) is 21.5 Å². The molecule has 0 unspecified atom stereocenters. The fraction of sp³-hybridized carbons (Fsp3) is 0.0500. The lowest BCUT2D eigenvalue weighted by molar-refractivity contribution is 0.102. The van der Waals surface area contributed by atoms with Crippen LogP contribution in [0.15, 0.2) is 67.0 Å². The number of anilines is 3. The maximum Gasteiger partial charge on any atom is 0.257 e. The van der Waals surface area contributed by atoms with Gasteiger partial charge in [0.15, 0.2) is 0 Å². The average molecular weight is 328 g/mol. The average Bonchev–Trinajstić information content (AvgIpc) is 2.62. The Kier molecular flexibility index (Phi) is 4.72. The van der Waals surface area contributed by atoms with Crippen LogP contribution in [0.25, 0.3) is 0 Å². The fourth-order valence-electron chi connectivity index (χ4n) is 2.41. The van der Waals surface area contributed by atoms with Crippen LogP contribution in [0, 0.1) is 18.3 Å². The van der Waals surface area contributed by atoms with Crippen LogP contribution in [0.5, 0.6) is 0 Å². The summed E-state index contributed by atoms with van der Waals surface area (Å²) in [6, 6.07) is 18.6. The molecule has 122 valence electrons. The number of hydrogen-bond acceptors (Lipinski definition) is 4. The van der Waals surface area contributed by atoms with Gasteiger partial charge in [-0.05, 0) is 42.8 Å². The number of rotatable bonds is 4. The molecule has 0 aliphatic heterocycles. The molecule has 3 rings (SSSR count). The van der Waals surface area contributed by atoms with Gasteiger partial charge in [0.2, 0.25) is 0 Å². The lowest BCUT2D eigenvalue weighted by Gasteiger charge is -2.10. The van der Waals surface area contributed by atoms with E-state index in [1.54, 1.807) is 36.5 Å². The van der Waals surface area contributed by atoms with Crippen molar-refractivity contribution in [3.05, 3.63) is 83.7 Å². The van der Waals surface area contributed by atoms with Gasteiger partial charge in [-0.3, -0.25) is 9.78 Å². The minimum absolute atomic E-state index is 0.317. The van der Waals surface area contributed by atoms with E-state index < -0.39 is 0 Å². The Labute approximate surface area is 146 Å². The number of carbonyl (C=O) groups is 1. The third kappa shape index (κ3) is 4.01. The van der Waals surface area contributed by atoms with Crippen LogP contribution in [-0.2, 0) is 0 Å². The van der Waals surface area contributed by atoms with Gasteiger partial charge in [-0.1, -0.05) is 24.3 Å². The summed E-state index contributed by atoms with van der Waals surface area (Å²) in [5, 5.41) is 15.1. The Morgan fingerprint density at radius 3 is 2.68 bits per heavy atom. The predicted octanol–water partition coefficient (Wildman–Crippen LogP) is 4.26. The minimum atomic E-state index is -0.317. The highest BCUT2D eigenvalue weighted by Gasteiger charge is 2.10. The molecule has 3 aromatic rings. The first-order valence-corrected chi connectivity index (χ1v) is 7.75. The number of benzene rings is 2. The summed E-state index contributed by atoms with van der Waals surface area (Å²) >= 11 is 0. The largest absolute Gasteiger partial charge is 0.354 e. The topological polar surface area (TPSA) is 77.8 Å². The van der Waals surface area contributed by atoms with Crippen LogP contribution in [0.3, 0.4) is 0 Å². The van der Waals surface area contributed by atoms with Gasteiger partial charge in [-0.15, -0.1) is 0 Å². The van der Waals surface area contributed by atoms with Crippen molar-refractivity contribution >= 4 is 23.0 Å². The zero-order valence-electron chi connectivity index (χ0n) is 13.7. The van der Waals surface area contributed by atoms with Crippen molar-refractivity contribution in [2.75, 3.05) is 10.6 Å². The first-order chi connectivity index (χ1) is 12.2. The number of nitriles is 1. The van der Waals surface area contributed by atoms with Gasteiger partial charge in [0.25, 0.3) is 5.91 Å². The summed E-state index contributed by atoms with van der Waals surface area (Å²) in [5.41, 5.74) is 4.08. The van der Waals surface area contributed by atoms with Crippen LogP contribution in [-0.4, -0.2) is 10.9 Å². The predicted molar refractivity (Wildman–Crippen MR) is 97.8 cm³/mol. The van der Waals surface area contributed by atoms with Crippen LogP contribution >= 0.6 is 0 Å². The Bertz CT molecular complexity index is 960. The van der Waals surface area contributed by atoms with E-state index >= 15 is 0 Å². The number of hydrogen-bond donors (Lipinski definition) is 2. The molecule has 0 atom stereocenters. The van der Waals surface area contributed by atoms with Crippen LogP contribution in [0.4, 0.5) is 17.1 Å². The van der Waals surface area contributed by atoms with E-state index in [9.17, 15) is 4.79 Å². The fourth-order valence-corrected chi connectivity index (χ4v) is 2.41. The second kappa shape index (κ2) is 7.28. The highest BCUT2D eigenvalue weighted by molar-refractivity contribution is 6.05. The number of carbonyl (C=O) groups excluding carboxylic acids is 1.